The molecule has 0 spiro atoms. The maximum absolute atomic E-state index is 9.46. The quantitative estimate of drug-likeness (QED) is 0.784. The summed E-state index contributed by atoms with van der Waals surface area (Å²) in [7, 11) is 0. The van der Waals surface area contributed by atoms with E-state index in [-0.39, 0.29) is 6.61 Å². The van der Waals surface area contributed by atoms with Crippen molar-refractivity contribution in [1.82, 2.24) is 5.32 Å². The maximum Gasteiger partial charge on any atom is 0.0850 e. The van der Waals surface area contributed by atoms with Crippen molar-refractivity contribution < 1.29 is 5.11 Å². The van der Waals surface area contributed by atoms with Crippen LogP contribution >= 0.6 is 0 Å². The van der Waals surface area contributed by atoms with Gasteiger partial charge in [-0.05, 0) is 37.1 Å². The van der Waals surface area contributed by atoms with Crippen molar-refractivity contribution in [1.29, 1.82) is 5.26 Å². The molecular weight excluding hydrogens is 200 g/mol. The lowest BCUT2D eigenvalue weighted by molar-refractivity contribution is 0.276. The summed E-state index contributed by atoms with van der Waals surface area (Å²) < 4.78 is 0. The van der Waals surface area contributed by atoms with Crippen LogP contribution in [-0.4, -0.2) is 18.2 Å². The second-order valence-corrected chi connectivity index (χ2v) is 4.26. The lowest BCUT2D eigenvalue weighted by Crippen LogP contribution is -2.39. The summed E-state index contributed by atoms with van der Waals surface area (Å²) in [5.74, 6) is 0. The van der Waals surface area contributed by atoms with Gasteiger partial charge in [0.25, 0.3) is 0 Å². The van der Waals surface area contributed by atoms with Crippen LogP contribution < -0.4 is 5.32 Å². The standard InChI is InChI=1S/C13H16N2O/c14-10-13(5-7-15-8-6-13)12-4-2-1-3-11(12)9-16/h1-4,15-16H,5-9H2. The van der Waals surface area contributed by atoms with Gasteiger partial charge < -0.3 is 10.4 Å². The van der Waals surface area contributed by atoms with Crippen LogP contribution in [0.15, 0.2) is 24.3 Å². The van der Waals surface area contributed by atoms with E-state index in [0.717, 1.165) is 37.1 Å². The van der Waals surface area contributed by atoms with E-state index < -0.39 is 5.41 Å². The van der Waals surface area contributed by atoms with Crippen LogP contribution in [0, 0.1) is 11.3 Å². The van der Waals surface area contributed by atoms with Gasteiger partial charge in [-0.1, -0.05) is 24.3 Å². The molecule has 1 aromatic carbocycles. The van der Waals surface area contributed by atoms with E-state index in [1.807, 2.05) is 24.3 Å². The Bertz CT molecular complexity index is 403. The van der Waals surface area contributed by atoms with Gasteiger partial charge in [0.15, 0.2) is 0 Å². The lowest BCUT2D eigenvalue weighted by atomic mass is 9.73. The van der Waals surface area contributed by atoms with Crippen molar-refractivity contribution in [3.8, 4) is 6.07 Å². The third-order valence-corrected chi connectivity index (χ3v) is 3.37. The molecule has 2 N–H and O–H groups in total. The number of hydrogen-bond donors (Lipinski definition) is 2. The third kappa shape index (κ3) is 1.82. The fourth-order valence-electron chi connectivity index (χ4n) is 2.42. The average Bonchev–Trinajstić information content (AvgIpc) is 2.39. The Kier molecular flexibility index (Phi) is 3.23. The zero-order chi connectivity index (χ0) is 11.4. The molecule has 1 heterocycles. The first-order chi connectivity index (χ1) is 7.82. The minimum Gasteiger partial charge on any atom is -0.392 e. The van der Waals surface area contributed by atoms with Gasteiger partial charge in [0.05, 0.1) is 18.1 Å². The molecule has 1 fully saturated rings. The normalized spacial score (nSPS) is 19.0. The second-order valence-electron chi connectivity index (χ2n) is 4.26. The summed E-state index contributed by atoms with van der Waals surface area (Å²) in [6.07, 6.45) is 1.64. The molecule has 0 saturated carbocycles. The van der Waals surface area contributed by atoms with Crippen molar-refractivity contribution >= 4 is 0 Å². The summed E-state index contributed by atoms with van der Waals surface area (Å²) in [6.45, 7) is 1.74. The molecule has 0 aliphatic carbocycles. The van der Waals surface area contributed by atoms with Crippen molar-refractivity contribution in [2.24, 2.45) is 0 Å². The zero-order valence-corrected chi connectivity index (χ0v) is 9.24. The number of hydrogen-bond acceptors (Lipinski definition) is 3. The van der Waals surface area contributed by atoms with E-state index >= 15 is 0 Å². The number of benzene rings is 1. The molecule has 0 atom stereocenters. The van der Waals surface area contributed by atoms with Gasteiger partial charge in [0.1, 0.15) is 0 Å². The summed E-state index contributed by atoms with van der Waals surface area (Å²) >= 11 is 0. The Balaban J connectivity index is 2.43. The number of piperidine rings is 1. The first-order valence-corrected chi connectivity index (χ1v) is 5.63. The monoisotopic (exact) mass is 216 g/mol. The van der Waals surface area contributed by atoms with Gasteiger partial charge in [-0.15, -0.1) is 0 Å². The molecule has 1 aromatic rings. The number of nitrogens with one attached hydrogen (secondary N) is 1. The number of aliphatic hydroxyl groups is 1. The molecule has 84 valence electrons. The molecule has 0 unspecified atom stereocenters. The first kappa shape index (κ1) is 11.1. The van der Waals surface area contributed by atoms with Gasteiger partial charge in [0, 0.05) is 0 Å². The van der Waals surface area contributed by atoms with Crippen molar-refractivity contribution in [2.45, 2.75) is 24.9 Å². The molecule has 1 aliphatic heterocycles. The van der Waals surface area contributed by atoms with E-state index in [0.29, 0.717) is 0 Å². The fourth-order valence-corrected chi connectivity index (χ4v) is 2.42. The molecule has 3 heteroatoms. The number of aliphatic hydroxyl groups excluding tert-OH is 1. The molecule has 1 saturated heterocycles. The second kappa shape index (κ2) is 4.65. The smallest absolute Gasteiger partial charge is 0.0850 e. The van der Waals surface area contributed by atoms with Crippen LogP contribution in [0.5, 0.6) is 0 Å². The van der Waals surface area contributed by atoms with Gasteiger partial charge in [-0.25, -0.2) is 0 Å². The Labute approximate surface area is 95.7 Å². The predicted octanol–water partition coefficient (Wildman–Crippen LogP) is 1.32. The van der Waals surface area contributed by atoms with Gasteiger partial charge >= 0.3 is 0 Å². The van der Waals surface area contributed by atoms with Crippen molar-refractivity contribution in [3.05, 3.63) is 35.4 Å². The van der Waals surface area contributed by atoms with E-state index in [1.54, 1.807) is 0 Å². The zero-order valence-electron chi connectivity index (χ0n) is 9.24. The van der Waals surface area contributed by atoms with Crippen LogP contribution in [0.3, 0.4) is 0 Å². The summed E-state index contributed by atoms with van der Waals surface area (Å²) in [6, 6.07) is 10.2. The highest BCUT2D eigenvalue weighted by atomic mass is 16.3. The largest absolute Gasteiger partial charge is 0.392 e. The molecule has 0 aromatic heterocycles. The Hall–Kier alpha value is -1.37. The van der Waals surface area contributed by atoms with E-state index in [9.17, 15) is 10.4 Å². The number of nitriles is 1. The highest BCUT2D eigenvalue weighted by Crippen LogP contribution is 2.34. The van der Waals surface area contributed by atoms with Crippen LogP contribution in [0.25, 0.3) is 0 Å². The molecule has 0 bridgehead atoms. The third-order valence-electron chi connectivity index (χ3n) is 3.37. The molecule has 16 heavy (non-hydrogen) atoms. The highest BCUT2D eigenvalue weighted by molar-refractivity contribution is 5.39. The Morgan fingerprint density at radius 2 is 2.00 bits per heavy atom. The summed E-state index contributed by atoms with van der Waals surface area (Å²) in [5.41, 5.74) is 1.47. The molecule has 1 aliphatic rings. The molecule has 0 radical (unpaired) electrons. The van der Waals surface area contributed by atoms with Crippen LogP contribution in [0.2, 0.25) is 0 Å². The van der Waals surface area contributed by atoms with Crippen LogP contribution in [-0.2, 0) is 12.0 Å². The van der Waals surface area contributed by atoms with Gasteiger partial charge in [0.2, 0.25) is 0 Å². The van der Waals surface area contributed by atoms with Gasteiger partial charge in [-0.3, -0.25) is 0 Å². The molecular formula is C13H16N2O. The maximum atomic E-state index is 9.46. The summed E-state index contributed by atoms with van der Waals surface area (Å²) in [5, 5.41) is 22.1. The van der Waals surface area contributed by atoms with Crippen LogP contribution in [0.1, 0.15) is 24.0 Å². The topological polar surface area (TPSA) is 56.0 Å². The van der Waals surface area contributed by atoms with E-state index in [2.05, 4.69) is 11.4 Å². The molecule has 2 rings (SSSR count). The first-order valence-electron chi connectivity index (χ1n) is 5.63. The average molecular weight is 216 g/mol. The summed E-state index contributed by atoms with van der Waals surface area (Å²) in [4.78, 5) is 0. The van der Waals surface area contributed by atoms with E-state index in [4.69, 9.17) is 0 Å². The minimum absolute atomic E-state index is 0.00698. The predicted molar refractivity (Wildman–Crippen MR) is 61.8 cm³/mol. The van der Waals surface area contributed by atoms with Crippen molar-refractivity contribution in [3.63, 3.8) is 0 Å². The highest BCUT2D eigenvalue weighted by Gasteiger charge is 2.35. The van der Waals surface area contributed by atoms with Crippen LogP contribution in [0.4, 0.5) is 0 Å². The fraction of sp³-hybridized carbons (Fsp3) is 0.462. The van der Waals surface area contributed by atoms with Gasteiger partial charge in [-0.2, -0.15) is 5.26 Å². The minimum atomic E-state index is -0.412. The number of nitrogens with zero attached hydrogens (tertiary/aromatic N) is 1. The Morgan fingerprint density at radius 1 is 1.31 bits per heavy atom. The molecule has 3 nitrogen and oxygen atoms in total. The lowest BCUT2D eigenvalue weighted by Gasteiger charge is -2.33. The molecule has 0 amide bonds. The number of rotatable bonds is 2. The SMILES string of the molecule is N#CC1(c2ccccc2CO)CCNCC1. The Morgan fingerprint density at radius 3 is 2.62 bits per heavy atom. The van der Waals surface area contributed by atoms with Crippen molar-refractivity contribution in [2.75, 3.05) is 13.1 Å². The van der Waals surface area contributed by atoms with E-state index in [1.165, 1.54) is 0 Å².